The van der Waals surface area contributed by atoms with Crippen LogP contribution in [0, 0.1) is 11.6 Å². The van der Waals surface area contributed by atoms with Gasteiger partial charge in [-0.3, -0.25) is 4.79 Å². The van der Waals surface area contributed by atoms with Gasteiger partial charge in [-0.05, 0) is 6.42 Å². The maximum Gasteiger partial charge on any atom is 0.311 e. The lowest BCUT2D eigenvalue weighted by molar-refractivity contribution is -0.139. The first-order valence-corrected chi connectivity index (χ1v) is 4.77. The molecule has 3 nitrogen and oxygen atoms in total. The predicted octanol–water partition coefficient (Wildman–Crippen LogP) is 2.55. The largest absolute Gasteiger partial charge is 0.496 e. The number of carbonyl (C=O) groups is 1. The summed E-state index contributed by atoms with van der Waals surface area (Å²) in [6.07, 6.45) is 0.203. The van der Waals surface area contributed by atoms with Crippen molar-refractivity contribution in [1.82, 2.24) is 0 Å². The predicted molar refractivity (Wildman–Crippen MR) is 53.6 cm³/mol. The van der Waals surface area contributed by atoms with Crippen LogP contribution < -0.4 is 4.74 Å². The maximum atomic E-state index is 13.5. The number of hydrogen-bond donors (Lipinski definition) is 1. The van der Waals surface area contributed by atoms with Crippen molar-refractivity contribution in [3.05, 3.63) is 29.3 Å². The Morgan fingerprint density at radius 3 is 2.56 bits per heavy atom. The van der Waals surface area contributed by atoms with Gasteiger partial charge in [0.2, 0.25) is 0 Å². The third-order valence-electron chi connectivity index (χ3n) is 2.33. The van der Waals surface area contributed by atoms with Crippen LogP contribution in [-0.4, -0.2) is 18.2 Å². The van der Waals surface area contributed by atoms with Crippen molar-refractivity contribution in [3.8, 4) is 5.75 Å². The molecule has 0 aliphatic heterocycles. The summed E-state index contributed by atoms with van der Waals surface area (Å²) in [4.78, 5) is 10.9. The quantitative estimate of drug-likeness (QED) is 0.864. The minimum Gasteiger partial charge on any atom is -0.496 e. The number of benzene rings is 1. The number of ether oxygens (including phenoxy) is 1. The second kappa shape index (κ2) is 4.92. The SMILES string of the molecule is CCC(C(=O)O)c1c(F)cc(F)cc1OC. The summed E-state index contributed by atoms with van der Waals surface area (Å²) >= 11 is 0. The molecule has 0 heterocycles. The molecule has 0 aliphatic rings. The lowest BCUT2D eigenvalue weighted by atomic mass is 9.95. The van der Waals surface area contributed by atoms with Crippen LogP contribution in [-0.2, 0) is 4.79 Å². The van der Waals surface area contributed by atoms with Crippen molar-refractivity contribution >= 4 is 5.97 Å². The summed E-state index contributed by atoms with van der Waals surface area (Å²) in [6, 6.07) is 1.63. The van der Waals surface area contributed by atoms with E-state index in [0.29, 0.717) is 6.07 Å². The van der Waals surface area contributed by atoms with Crippen molar-refractivity contribution < 1.29 is 23.4 Å². The summed E-state index contributed by atoms with van der Waals surface area (Å²) in [5, 5.41) is 8.92. The van der Waals surface area contributed by atoms with E-state index in [1.165, 1.54) is 7.11 Å². The molecule has 1 aromatic rings. The van der Waals surface area contributed by atoms with Gasteiger partial charge in [-0.1, -0.05) is 6.92 Å². The molecule has 0 fully saturated rings. The molecular formula is C11H12F2O3. The molecule has 1 N–H and O–H groups in total. The average Bonchev–Trinajstić information content (AvgIpc) is 2.21. The number of hydrogen-bond acceptors (Lipinski definition) is 2. The molecule has 88 valence electrons. The topological polar surface area (TPSA) is 46.5 Å². The molecule has 1 rings (SSSR count). The van der Waals surface area contributed by atoms with Crippen molar-refractivity contribution in [3.63, 3.8) is 0 Å². The molecule has 1 aromatic carbocycles. The van der Waals surface area contributed by atoms with Crippen LogP contribution in [0.5, 0.6) is 5.75 Å². The molecular weight excluding hydrogens is 218 g/mol. The highest BCUT2D eigenvalue weighted by Crippen LogP contribution is 2.32. The van der Waals surface area contributed by atoms with Gasteiger partial charge in [0, 0.05) is 17.7 Å². The minimum atomic E-state index is -1.16. The molecule has 0 saturated carbocycles. The normalized spacial score (nSPS) is 12.2. The van der Waals surface area contributed by atoms with E-state index in [1.807, 2.05) is 0 Å². The summed E-state index contributed by atoms with van der Waals surface area (Å²) in [7, 11) is 1.24. The highest BCUT2D eigenvalue weighted by atomic mass is 19.1. The number of aliphatic carboxylic acids is 1. The highest BCUT2D eigenvalue weighted by molar-refractivity contribution is 5.77. The second-order valence-electron chi connectivity index (χ2n) is 3.30. The van der Waals surface area contributed by atoms with E-state index >= 15 is 0 Å². The molecule has 0 spiro atoms. The van der Waals surface area contributed by atoms with E-state index in [4.69, 9.17) is 9.84 Å². The van der Waals surface area contributed by atoms with E-state index in [9.17, 15) is 13.6 Å². The first-order valence-electron chi connectivity index (χ1n) is 4.77. The molecule has 16 heavy (non-hydrogen) atoms. The van der Waals surface area contributed by atoms with Gasteiger partial charge in [0.1, 0.15) is 17.4 Å². The average molecular weight is 230 g/mol. The van der Waals surface area contributed by atoms with Crippen LogP contribution in [0.3, 0.4) is 0 Å². The molecule has 5 heteroatoms. The van der Waals surface area contributed by atoms with E-state index in [2.05, 4.69) is 0 Å². The van der Waals surface area contributed by atoms with E-state index < -0.39 is 23.5 Å². The molecule has 0 bridgehead atoms. The highest BCUT2D eigenvalue weighted by Gasteiger charge is 2.26. The summed E-state index contributed by atoms with van der Waals surface area (Å²) in [5.74, 6) is -3.96. The summed E-state index contributed by atoms with van der Waals surface area (Å²) < 4.78 is 31.2. The Morgan fingerprint density at radius 1 is 1.50 bits per heavy atom. The van der Waals surface area contributed by atoms with Crippen LogP contribution in [0.1, 0.15) is 24.8 Å². The van der Waals surface area contributed by atoms with Crippen LogP contribution in [0.4, 0.5) is 8.78 Å². The van der Waals surface area contributed by atoms with Gasteiger partial charge in [-0.15, -0.1) is 0 Å². The lowest BCUT2D eigenvalue weighted by Gasteiger charge is -2.15. The van der Waals surface area contributed by atoms with E-state index in [1.54, 1.807) is 6.92 Å². The first kappa shape index (κ1) is 12.4. The Kier molecular flexibility index (Phi) is 3.82. The van der Waals surface area contributed by atoms with Crippen LogP contribution >= 0.6 is 0 Å². The number of methoxy groups -OCH3 is 1. The summed E-state index contributed by atoms with van der Waals surface area (Å²) in [6.45, 7) is 1.61. The molecule has 1 atom stereocenters. The maximum absolute atomic E-state index is 13.5. The third kappa shape index (κ3) is 2.29. The van der Waals surface area contributed by atoms with Crippen molar-refractivity contribution in [2.24, 2.45) is 0 Å². The zero-order valence-electron chi connectivity index (χ0n) is 8.96. The van der Waals surface area contributed by atoms with E-state index in [-0.39, 0.29) is 17.7 Å². The molecule has 0 radical (unpaired) electrons. The Morgan fingerprint density at radius 2 is 2.12 bits per heavy atom. The van der Waals surface area contributed by atoms with Crippen molar-refractivity contribution in [1.29, 1.82) is 0 Å². The number of rotatable bonds is 4. The smallest absolute Gasteiger partial charge is 0.311 e. The van der Waals surface area contributed by atoms with Gasteiger partial charge in [0.25, 0.3) is 0 Å². The molecule has 1 unspecified atom stereocenters. The molecule has 0 aromatic heterocycles. The van der Waals surface area contributed by atoms with Crippen molar-refractivity contribution in [2.45, 2.75) is 19.3 Å². The van der Waals surface area contributed by atoms with Crippen LogP contribution in [0.25, 0.3) is 0 Å². The minimum absolute atomic E-state index is 0.0771. The second-order valence-corrected chi connectivity index (χ2v) is 3.30. The fourth-order valence-electron chi connectivity index (χ4n) is 1.57. The van der Waals surface area contributed by atoms with Crippen molar-refractivity contribution in [2.75, 3.05) is 7.11 Å². The molecule has 0 amide bonds. The number of halogens is 2. The number of carboxylic acids is 1. The fourth-order valence-corrected chi connectivity index (χ4v) is 1.57. The van der Waals surface area contributed by atoms with Crippen LogP contribution in [0.15, 0.2) is 12.1 Å². The van der Waals surface area contributed by atoms with Gasteiger partial charge >= 0.3 is 5.97 Å². The Labute approximate surface area is 91.7 Å². The van der Waals surface area contributed by atoms with Gasteiger partial charge in [-0.2, -0.15) is 0 Å². The zero-order valence-corrected chi connectivity index (χ0v) is 8.96. The zero-order chi connectivity index (χ0) is 12.3. The van der Waals surface area contributed by atoms with Gasteiger partial charge in [0.15, 0.2) is 0 Å². The van der Waals surface area contributed by atoms with Gasteiger partial charge in [-0.25, -0.2) is 8.78 Å². The summed E-state index contributed by atoms with van der Waals surface area (Å²) in [5.41, 5.74) is -0.112. The standard InChI is InChI=1S/C11H12F2O3/c1-3-7(11(14)15)10-8(13)4-6(12)5-9(10)16-2/h4-5,7H,3H2,1-2H3,(H,14,15). The van der Waals surface area contributed by atoms with Crippen LogP contribution in [0.2, 0.25) is 0 Å². The van der Waals surface area contributed by atoms with E-state index in [0.717, 1.165) is 6.07 Å². The number of carboxylic acid groups (broad SMARTS) is 1. The fraction of sp³-hybridized carbons (Fsp3) is 0.364. The molecule has 0 saturated heterocycles. The van der Waals surface area contributed by atoms with Gasteiger partial charge < -0.3 is 9.84 Å². The third-order valence-corrected chi connectivity index (χ3v) is 2.33. The van der Waals surface area contributed by atoms with Gasteiger partial charge in [0.05, 0.1) is 13.0 Å². The lowest BCUT2D eigenvalue weighted by Crippen LogP contribution is -2.14. The Balaban J connectivity index is 3.35. The first-order chi connectivity index (χ1) is 7.51. The monoisotopic (exact) mass is 230 g/mol. The Hall–Kier alpha value is -1.65. The Bertz CT molecular complexity index is 404. The molecule has 0 aliphatic carbocycles.